The van der Waals surface area contributed by atoms with Gasteiger partial charge in [0.2, 0.25) is 5.91 Å². The van der Waals surface area contributed by atoms with E-state index >= 15 is 0 Å². The highest BCUT2D eigenvalue weighted by molar-refractivity contribution is 9.10. The summed E-state index contributed by atoms with van der Waals surface area (Å²) in [5.74, 6) is -0.581. The summed E-state index contributed by atoms with van der Waals surface area (Å²) in [5.41, 5.74) is 5.96. The largest absolute Gasteiger partial charge is 0.630 e. The van der Waals surface area contributed by atoms with Gasteiger partial charge in [-0.05, 0) is 61.7 Å². The van der Waals surface area contributed by atoms with Gasteiger partial charge in [0.15, 0.2) is 11.4 Å². The first-order valence-corrected chi connectivity index (χ1v) is 8.36. The van der Waals surface area contributed by atoms with Crippen molar-refractivity contribution < 1.29 is 30.0 Å². The number of unbranched alkanes of at least 4 members (excludes halogenated alkanes) is 1. The van der Waals surface area contributed by atoms with Crippen LogP contribution in [-0.4, -0.2) is 29.6 Å². The second-order valence-electron chi connectivity index (χ2n) is 6.24. The third kappa shape index (κ3) is 8.30. The van der Waals surface area contributed by atoms with Crippen molar-refractivity contribution in [1.82, 2.24) is 0 Å². The maximum absolute atomic E-state index is 11.6. The van der Waals surface area contributed by atoms with Crippen molar-refractivity contribution in [1.29, 1.82) is 0 Å². The molecule has 0 aliphatic rings. The van der Waals surface area contributed by atoms with Crippen molar-refractivity contribution in [3.63, 3.8) is 0 Å². The molecule has 6 N–H and O–H groups in total. The van der Waals surface area contributed by atoms with Gasteiger partial charge in [-0.25, -0.2) is 0 Å². The Morgan fingerprint density at radius 1 is 1.28 bits per heavy atom. The number of hydrogen-bond acceptors (Lipinski definition) is 5. The molecule has 0 saturated carbocycles. The molecule has 8 nitrogen and oxygen atoms in total. The number of carbonyl (C=O) groups is 2. The van der Waals surface area contributed by atoms with Crippen molar-refractivity contribution in [2.45, 2.75) is 45.6 Å². The lowest BCUT2D eigenvalue weighted by molar-refractivity contribution is -0.498. The number of hydrogen-bond donors (Lipinski definition) is 2. The van der Waals surface area contributed by atoms with Gasteiger partial charge in [-0.2, -0.15) is 0 Å². The normalized spacial score (nSPS) is 10.8. The molecule has 1 aromatic carbocycles. The number of carbonyl (C=O) groups excluding carboxylic acids is 2. The number of amides is 1. The van der Waals surface area contributed by atoms with Crippen LogP contribution >= 0.6 is 15.9 Å². The van der Waals surface area contributed by atoms with Gasteiger partial charge in [-0.3, -0.25) is 9.59 Å². The first kappa shape index (κ1) is 23.3. The maximum Gasteiger partial charge on any atom is 0.306 e. The zero-order valence-electron chi connectivity index (χ0n) is 14.6. The second kappa shape index (κ2) is 10.3. The van der Waals surface area contributed by atoms with Gasteiger partial charge in [0.05, 0.1) is 11.1 Å². The molecule has 0 unspecified atom stereocenters. The van der Waals surface area contributed by atoms with Crippen LogP contribution in [0.2, 0.25) is 0 Å². The molecule has 0 aromatic heterocycles. The Hall–Kier alpha value is -1.68. The number of nitrogens with two attached hydrogens (primary N) is 2. The number of rotatable bonds is 8. The molecule has 1 rings (SSSR count). The summed E-state index contributed by atoms with van der Waals surface area (Å²) in [6, 6.07) is 2.91. The Kier molecular flexibility index (Phi) is 9.65. The summed E-state index contributed by atoms with van der Waals surface area (Å²) in [7, 11) is 0. The molecule has 0 aliphatic heterocycles. The van der Waals surface area contributed by atoms with Gasteiger partial charge < -0.3 is 31.4 Å². The molecule has 1 amide bonds. The molecular formula is C16H25BrN2O6. The van der Waals surface area contributed by atoms with E-state index in [0.29, 0.717) is 41.5 Å². The maximum atomic E-state index is 11.6. The summed E-state index contributed by atoms with van der Waals surface area (Å²) < 4.78 is 11.2. The third-order valence-electron chi connectivity index (χ3n) is 2.95. The van der Waals surface area contributed by atoms with Crippen molar-refractivity contribution in [2.24, 2.45) is 5.73 Å². The molecule has 0 bridgehead atoms. The Bertz CT molecular complexity index is 601. The summed E-state index contributed by atoms with van der Waals surface area (Å²) in [4.78, 5) is 22.9. The van der Waals surface area contributed by atoms with Gasteiger partial charge in [0.1, 0.15) is 5.60 Å². The van der Waals surface area contributed by atoms with E-state index in [4.69, 9.17) is 15.2 Å². The van der Waals surface area contributed by atoms with Crippen molar-refractivity contribution in [2.75, 3.05) is 6.61 Å². The van der Waals surface area contributed by atoms with Crippen LogP contribution in [0.1, 0.15) is 50.4 Å². The number of esters is 1. The molecule has 9 heteroatoms. The predicted molar refractivity (Wildman–Crippen MR) is 96.4 cm³/mol. The fraction of sp³-hybridized carbons (Fsp3) is 0.500. The van der Waals surface area contributed by atoms with Crippen LogP contribution in [0.3, 0.4) is 0 Å². The number of ether oxygens (including phenoxy) is 2. The molecule has 0 aliphatic carbocycles. The Morgan fingerprint density at radius 3 is 2.44 bits per heavy atom. The molecule has 142 valence electrons. The summed E-state index contributed by atoms with van der Waals surface area (Å²) >= 11 is 3.22. The summed E-state index contributed by atoms with van der Waals surface area (Å²) in [6.07, 6.45) is 1.50. The second-order valence-corrected chi connectivity index (χ2v) is 7.10. The quantitative estimate of drug-likeness (QED) is 0.281. The van der Waals surface area contributed by atoms with Crippen LogP contribution < -0.4 is 16.0 Å². The lowest BCUT2D eigenvalue weighted by Gasteiger charge is -2.19. The van der Waals surface area contributed by atoms with Gasteiger partial charge in [0, 0.05) is 12.0 Å². The number of primary amides is 1. The lowest BCUT2D eigenvalue weighted by Crippen LogP contribution is -2.70. The van der Waals surface area contributed by atoms with E-state index < -0.39 is 11.5 Å². The third-order valence-corrected chi connectivity index (χ3v) is 3.60. The van der Waals surface area contributed by atoms with Gasteiger partial charge in [-0.1, -0.05) is 0 Å². The molecule has 0 atom stereocenters. The van der Waals surface area contributed by atoms with Crippen molar-refractivity contribution in [3.8, 4) is 5.75 Å². The number of benzene rings is 1. The average molecular weight is 421 g/mol. The highest BCUT2D eigenvalue weighted by Crippen LogP contribution is 2.30. The highest BCUT2D eigenvalue weighted by Gasteiger charge is 2.16. The molecule has 1 aromatic rings. The van der Waals surface area contributed by atoms with E-state index in [1.54, 1.807) is 0 Å². The van der Waals surface area contributed by atoms with E-state index in [0.717, 1.165) is 0 Å². The summed E-state index contributed by atoms with van der Waals surface area (Å²) in [5, 5.41) is 11.2. The fourth-order valence-corrected chi connectivity index (χ4v) is 2.45. The van der Waals surface area contributed by atoms with Gasteiger partial charge in [-0.15, -0.1) is 0 Å². The van der Waals surface area contributed by atoms with Crippen LogP contribution in [0.25, 0.3) is 0 Å². The molecular weight excluding hydrogens is 396 g/mol. The topological polar surface area (TPSA) is 150 Å². The molecule has 0 radical (unpaired) electrons. The van der Waals surface area contributed by atoms with Crippen LogP contribution in [0.5, 0.6) is 5.75 Å². The zero-order valence-corrected chi connectivity index (χ0v) is 16.1. The molecule has 0 saturated heterocycles. The summed E-state index contributed by atoms with van der Waals surface area (Å²) in [6.45, 7) is 5.76. The van der Waals surface area contributed by atoms with Crippen LogP contribution in [0, 0.1) is 5.21 Å². The minimum Gasteiger partial charge on any atom is -0.630 e. The van der Waals surface area contributed by atoms with E-state index in [1.165, 1.54) is 12.1 Å². The van der Waals surface area contributed by atoms with E-state index in [1.807, 2.05) is 20.8 Å². The monoisotopic (exact) mass is 420 g/mol. The first-order chi connectivity index (χ1) is 11.1. The molecule has 0 heterocycles. The van der Waals surface area contributed by atoms with Crippen LogP contribution in [0.15, 0.2) is 16.6 Å². The van der Waals surface area contributed by atoms with Crippen molar-refractivity contribution in [3.05, 3.63) is 27.4 Å². The van der Waals surface area contributed by atoms with Crippen LogP contribution in [-0.2, 0) is 9.53 Å². The Morgan fingerprint density at radius 2 is 1.92 bits per heavy atom. The lowest BCUT2D eigenvalue weighted by atomic mass is 10.2. The molecule has 25 heavy (non-hydrogen) atoms. The minimum absolute atomic E-state index is 0. The standard InChI is InChI=1S/C16H23BrN2O5.H2O/c1-16(2,3)24-13(20)6-4-5-7-23-12-9-10(15(18)21)8-11(17)14(12)19-22;/h8-9H,4-7,19H2,1-3H3,(H2,18,21);1H2. The SMILES string of the molecule is CC(C)(C)OC(=O)CCCCOc1cc(C(N)=O)cc(Br)c1[NH2+][O-].O. The predicted octanol–water partition coefficient (Wildman–Crippen LogP) is 1.31. The van der Waals surface area contributed by atoms with Gasteiger partial charge >= 0.3 is 5.97 Å². The van der Waals surface area contributed by atoms with Crippen LogP contribution in [0.4, 0.5) is 5.69 Å². The minimum atomic E-state index is -0.608. The van der Waals surface area contributed by atoms with E-state index in [9.17, 15) is 14.8 Å². The van der Waals surface area contributed by atoms with Gasteiger partial charge in [0.25, 0.3) is 0 Å². The Balaban J connectivity index is 0.00000576. The molecule has 0 fully saturated rings. The van der Waals surface area contributed by atoms with E-state index in [-0.39, 0.29) is 22.8 Å². The Labute approximate surface area is 155 Å². The first-order valence-electron chi connectivity index (χ1n) is 7.57. The highest BCUT2D eigenvalue weighted by atomic mass is 79.9. The number of quaternary nitrogens is 1. The smallest absolute Gasteiger partial charge is 0.306 e. The fourth-order valence-electron chi connectivity index (χ4n) is 1.91. The number of halogens is 1. The molecule has 0 spiro atoms. The van der Waals surface area contributed by atoms with E-state index in [2.05, 4.69) is 15.9 Å². The average Bonchev–Trinajstić information content (AvgIpc) is 2.44. The van der Waals surface area contributed by atoms with Crippen molar-refractivity contribution >= 4 is 33.5 Å². The zero-order chi connectivity index (χ0) is 18.3.